The van der Waals surface area contributed by atoms with Crippen LogP contribution >= 0.6 is 0 Å². The molecular formula is C9H8O. The lowest BCUT2D eigenvalue weighted by Gasteiger charge is -1.96. The molecule has 0 atom stereocenters. The molecule has 0 bridgehead atoms. The molecule has 1 heteroatoms. The summed E-state index contributed by atoms with van der Waals surface area (Å²) in [7, 11) is 1.62. The molecular weight excluding hydrogens is 124 g/mol. The molecule has 1 nitrogen and oxygen atoms in total. The van der Waals surface area contributed by atoms with Gasteiger partial charge in [-0.3, -0.25) is 0 Å². The Kier molecular flexibility index (Phi) is 1.57. The van der Waals surface area contributed by atoms with Crippen molar-refractivity contribution >= 4 is 0 Å². The first-order valence-corrected chi connectivity index (χ1v) is 2.93. The molecule has 0 amide bonds. The van der Waals surface area contributed by atoms with Gasteiger partial charge in [0.1, 0.15) is 7.12 Å². The van der Waals surface area contributed by atoms with Gasteiger partial charge in [-0.25, -0.2) is 0 Å². The first-order chi connectivity index (χ1) is 5.36. The Balaban J connectivity index is 2.88. The van der Waals surface area contributed by atoms with E-state index in [-0.39, 0.29) is 0 Å². The number of hydrogen-bond acceptors (Lipinski definition) is 1. The third-order valence-electron chi connectivity index (χ3n) is 1.23. The van der Waals surface area contributed by atoms with E-state index in [0.717, 1.165) is 11.3 Å². The Labute approximate surface area is 62.0 Å². The van der Waals surface area contributed by atoms with Gasteiger partial charge in [0.2, 0.25) is 0 Å². The van der Waals surface area contributed by atoms with Gasteiger partial charge >= 0.3 is 0 Å². The van der Waals surface area contributed by atoms with Crippen molar-refractivity contribution in [1.82, 2.24) is 0 Å². The maximum absolute atomic E-state index is 6.65. The van der Waals surface area contributed by atoms with Crippen LogP contribution in [-0.4, -0.2) is 7.11 Å². The molecule has 0 N–H and O–H groups in total. The fraction of sp³-hybridized carbons (Fsp3) is 0.111. The Morgan fingerprint density at radius 3 is 2.70 bits per heavy atom. The zero-order chi connectivity index (χ0) is 8.10. The summed E-state index contributed by atoms with van der Waals surface area (Å²) in [6, 6.07) is 7.28. The average Bonchev–Trinajstić information content (AvgIpc) is 2.07. The summed E-state index contributed by atoms with van der Waals surface area (Å²) in [5.74, 6) is 3.43. The van der Waals surface area contributed by atoms with Crippen LogP contribution in [0.3, 0.4) is 0 Å². The SMILES string of the molecule is [2H]C#Cc1ccc(OC)cc1. The highest BCUT2D eigenvalue weighted by Crippen LogP contribution is 2.09. The van der Waals surface area contributed by atoms with Crippen LogP contribution in [0.5, 0.6) is 5.75 Å². The van der Waals surface area contributed by atoms with Crippen LogP contribution in [0.15, 0.2) is 24.3 Å². The van der Waals surface area contributed by atoms with Gasteiger partial charge in [0.05, 0.1) is 7.11 Å². The minimum absolute atomic E-state index is 0.806. The van der Waals surface area contributed by atoms with Gasteiger partial charge in [0, 0.05) is 5.56 Å². The molecule has 50 valence electrons. The van der Waals surface area contributed by atoms with Crippen molar-refractivity contribution in [2.24, 2.45) is 0 Å². The lowest BCUT2D eigenvalue weighted by molar-refractivity contribution is 0.415. The standard InChI is InChI=1S/C9H8O/c1-3-8-4-6-9(10-2)7-5-8/h1,4-7H,2H3/i1D. The van der Waals surface area contributed by atoms with E-state index >= 15 is 0 Å². The maximum atomic E-state index is 6.65. The lowest BCUT2D eigenvalue weighted by atomic mass is 10.2. The van der Waals surface area contributed by atoms with Crippen LogP contribution in [0.25, 0.3) is 0 Å². The fourth-order valence-corrected chi connectivity index (χ4v) is 0.674. The number of terminal acetylenes is 1. The van der Waals surface area contributed by atoms with Gasteiger partial charge < -0.3 is 4.74 Å². The molecule has 1 aromatic carbocycles. The summed E-state index contributed by atoms with van der Waals surface area (Å²) < 4.78 is 11.6. The van der Waals surface area contributed by atoms with Crippen LogP contribution in [0.2, 0.25) is 0 Å². The van der Waals surface area contributed by atoms with E-state index in [4.69, 9.17) is 6.11 Å². The molecule has 0 fully saturated rings. The van der Waals surface area contributed by atoms with E-state index in [1.54, 1.807) is 7.11 Å². The smallest absolute Gasteiger partial charge is 0.124 e. The molecule has 0 aliphatic rings. The van der Waals surface area contributed by atoms with Crippen molar-refractivity contribution in [3.8, 4) is 18.1 Å². The lowest BCUT2D eigenvalue weighted by Crippen LogP contribution is -1.81. The van der Waals surface area contributed by atoms with E-state index in [9.17, 15) is 0 Å². The summed E-state index contributed by atoms with van der Waals surface area (Å²) in [5, 5.41) is 0. The van der Waals surface area contributed by atoms with E-state index in [2.05, 4.69) is 12.3 Å². The van der Waals surface area contributed by atoms with Crippen LogP contribution in [0.4, 0.5) is 0 Å². The first kappa shape index (κ1) is 5.37. The molecule has 0 aliphatic heterocycles. The van der Waals surface area contributed by atoms with E-state index in [1.165, 1.54) is 0 Å². The molecule has 1 rings (SSSR count). The van der Waals surface area contributed by atoms with Crippen LogP contribution in [0, 0.1) is 12.3 Å². The van der Waals surface area contributed by atoms with Gasteiger partial charge in [-0.05, 0) is 24.3 Å². The Hall–Kier alpha value is -1.42. The molecule has 0 aliphatic carbocycles. The Bertz CT molecular complexity index is 279. The van der Waals surface area contributed by atoms with Crippen molar-refractivity contribution in [1.29, 1.82) is 0 Å². The maximum Gasteiger partial charge on any atom is 0.124 e. The molecule has 10 heavy (non-hydrogen) atoms. The summed E-state index contributed by atoms with van der Waals surface area (Å²) in [5.41, 5.74) is 0.834. The predicted octanol–water partition coefficient (Wildman–Crippen LogP) is 1.68. The van der Waals surface area contributed by atoms with Crippen molar-refractivity contribution in [2.75, 3.05) is 7.11 Å². The summed E-state index contributed by atoms with van der Waals surface area (Å²) in [6.07, 6.45) is 2.08. The second-order valence-corrected chi connectivity index (χ2v) is 1.85. The second kappa shape index (κ2) is 2.93. The molecule has 1 aromatic rings. The summed E-state index contributed by atoms with van der Waals surface area (Å²) >= 11 is 0. The Morgan fingerprint density at radius 1 is 1.50 bits per heavy atom. The zero-order valence-electron chi connectivity index (χ0n) is 6.72. The van der Waals surface area contributed by atoms with Crippen molar-refractivity contribution in [3.63, 3.8) is 0 Å². The average molecular weight is 133 g/mol. The highest BCUT2D eigenvalue weighted by Gasteiger charge is 1.87. The molecule has 0 radical (unpaired) electrons. The van der Waals surface area contributed by atoms with Crippen molar-refractivity contribution in [2.45, 2.75) is 0 Å². The molecule has 0 aromatic heterocycles. The molecule has 0 saturated heterocycles. The van der Waals surface area contributed by atoms with Gasteiger partial charge in [0.25, 0.3) is 0 Å². The topological polar surface area (TPSA) is 9.23 Å². The molecule has 0 heterocycles. The van der Waals surface area contributed by atoms with Gasteiger partial charge in [-0.15, -0.1) is 6.40 Å². The highest BCUT2D eigenvalue weighted by molar-refractivity contribution is 5.36. The van der Waals surface area contributed by atoms with Gasteiger partial charge in [0.15, 0.2) is 0 Å². The monoisotopic (exact) mass is 133 g/mol. The molecule has 0 spiro atoms. The number of methoxy groups -OCH3 is 1. The van der Waals surface area contributed by atoms with Crippen LogP contribution in [-0.2, 0) is 0 Å². The number of ether oxygens (including phenoxy) is 1. The van der Waals surface area contributed by atoms with E-state index in [0.29, 0.717) is 0 Å². The summed E-state index contributed by atoms with van der Waals surface area (Å²) in [6.45, 7) is 0. The molecule has 0 unspecified atom stereocenters. The van der Waals surface area contributed by atoms with E-state index in [1.807, 2.05) is 24.3 Å². The number of rotatable bonds is 1. The predicted molar refractivity (Wildman–Crippen MR) is 40.9 cm³/mol. The van der Waals surface area contributed by atoms with Gasteiger partial charge in [-0.2, -0.15) is 0 Å². The largest absolute Gasteiger partial charge is 0.497 e. The van der Waals surface area contributed by atoms with Crippen molar-refractivity contribution < 1.29 is 6.11 Å². The van der Waals surface area contributed by atoms with Crippen LogP contribution < -0.4 is 4.74 Å². The first-order valence-electron chi connectivity index (χ1n) is 3.43. The minimum atomic E-state index is 0.806. The van der Waals surface area contributed by atoms with E-state index < -0.39 is 0 Å². The molecule has 0 saturated carbocycles. The normalized spacial score (nSPS) is 9.10. The summed E-state index contributed by atoms with van der Waals surface area (Å²) in [4.78, 5) is 0. The third-order valence-corrected chi connectivity index (χ3v) is 1.23. The number of benzene rings is 1. The zero-order valence-corrected chi connectivity index (χ0v) is 5.72. The second-order valence-electron chi connectivity index (χ2n) is 1.85. The quantitative estimate of drug-likeness (QED) is 0.529. The fourth-order valence-electron chi connectivity index (χ4n) is 0.674. The van der Waals surface area contributed by atoms with Crippen LogP contribution in [0.1, 0.15) is 6.93 Å². The third kappa shape index (κ3) is 1.29. The minimum Gasteiger partial charge on any atom is -0.497 e. The van der Waals surface area contributed by atoms with Crippen molar-refractivity contribution in [3.05, 3.63) is 29.8 Å². The Morgan fingerprint density at radius 2 is 2.20 bits per heavy atom. The van der Waals surface area contributed by atoms with Gasteiger partial charge in [-0.1, -0.05) is 5.92 Å². The number of hydrogen-bond donors (Lipinski definition) is 0. The highest BCUT2D eigenvalue weighted by atomic mass is 16.5.